The minimum atomic E-state index is -3.53. The Hall–Kier alpha value is -3.43. The molecule has 1 aliphatic rings. The van der Waals surface area contributed by atoms with E-state index in [1.807, 2.05) is 59.3 Å². The van der Waals surface area contributed by atoms with E-state index < -0.39 is 10.0 Å². The monoisotopic (exact) mass is 480 g/mol. The molecule has 1 fully saturated rings. The largest absolute Gasteiger partial charge is 0.490 e. The first-order chi connectivity index (χ1) is 16.5. The SMILES string of the molecule is O=C(Nc1ccccc1OCCn1ccnc1)C1CCN(S(=O)(=O)C=Cc2ccccc2)CC1. The molecule has 3 aromatic rings. The van der Waals surface area contributed by atoms with Gasteiger partial charge < -0.3 is 14.6 Å². The summed E-state index contributed by atoms with van der Waals surface area (Å²) in [6.07, 6.45) is 7.83. The fraction of sp³-hybridized carbons (Fsp3) is 0.280. The van der Waals surface area contributed by atoms with E-state index in [0.717, 1.165) is 5.56 Å². The van der Waals surface area contributed by atoms with Crippen molar-refractivity contribution in [2.75, 3.05) is 25.0 Å². The number of amides is 1. The van der Waals surface area contributed by atoms with Gasteiger partial charge in [-0.3, -0.25) is 4.79 Å². The third-order valence-corrected chi connectivity index (χ3v) is 7.29. The van der Waals surface area contributed by atoms with E-state index in [1.165, 1.54) is 9.71 Å². The Morgan fingerprint density at radius 2 is 1.82 bits per heavy atom. The molecule has 1 N–H and O–H groups in total. The van der Waals surface area contributed by atoms with Gasteiger partial charge in [0.25, 0.3) is 0 Å². The van der Waals surface area contributed by atoms with Crippen LogP contribution in [0.25, 0.3) is 6.08 Å². The first-order valence-corrected chi connectivity index (χ1v) is 12.7. The zero-order valence-electron chi connectivity index (χ0n) is 18.8. The van der Waals surface area contributed by atoms with Gasteiger partial charge in [-0.05, 0) is 36.6 Å². The topological polar surface area (TPSA) is 93.5 Å². The van der Waals surface area contributed by atoms with E-state index >= 15 is 0 Å². The highest BCUT2D eigenvalue weighted by molar-refractivity contribution is 7.92. The van der Waals surface area contributed by atoms with Crippen LogP contribution >= 0.6 is 0 Å². The second kappa shape index (κ2) is 11.1. The van der Waals surface area contributed by atoms with Gasteiger partial charge in [0, 0.05) is 36.8 Å². The van der Waals surface area contributed by atoms with Crippen LogP contribution < -0.4 is 10.1 Å². The molecule has 0 saturated carbocycles. The third-order valence-electron chi connectivity index (χ3n) is 5.73. The quantitative estimate of drug-likeness (QED) is 0.505. The van der Waals surface area contributed by atoms with Gasteiger partial charge >= 0.3 is 0 Å². The smallest absolute Gasteiger partial charge is 0.236 e. The number of carbonyl (C=O) groups is 1. The van der Waals surface area contributed by atoms with Crippen LogP contribution in [0.4, 0.5) is 5.69 Å². The summed E-state index contributed by atoms with van der Waals surface area (Å²) < 4.78 is 34.6. The van der Waals surface area contributed by atoms with Crippen LogP contribution in [0.2, 0.25) is 0 Å². The molecule has 1 aliphatic heterocycles. The molecule has 1 amide bonds. The number of ether oxygens (including phenoxy) is 1. The molecule has 1 aromatic heterocycles. The second-order valence-corrected chi connectivity index (χ2v) is 9.88. The molecular weight excluding hydrogens is 452 g/mol. The molecule has 9 heteroatoms. The second-order valence-electron chi connectivity index (χ2n) is 8.07. The Bertz CT molecular complexity index is 1200. The average molecular weight is 481 g/mol. The maximum Gasteiger partial charge on any atom is 0.236 e. The Morgan fingerprint density at radius 1 is 1.09 bits per heavy atom. The van der Waals surface area contributed by atoms with Gasteiger partial charge in [0.2, 0.25) is 15.9 Å². The zero-order chi connectivity index (χ0) is 23.8. The summed E-state index contributed by atoms with van der Waals surface area (Å²) in [5, 5.41) is 4.20. The number of para-hydroxylation sites is 2. The van der Waals surface area contributed by atoms with Gasteiger partial charge in [-0.2, -0.15) is 4.31 Å². The standard InChI is InChI=1S/C25H28N4O4S/c30-25(27-23-8-4-5-9-24(23)33-18-17-28-16-13-26-20-28)22-10-14-29(15-11-22)34(31,32)19-12-21-6-2-1-3-7-21/h1-9,12-13,16,19-20,22H,10-11,14-15,17-18H2,(H,27,30). The summed E-state index contributed by atoms with van der Waals surface area (Å²) >= 11 is 0. The lowest BCUT2D eigenvalue weighted by Crippen LogP contribution is -2.40. The van der Waals surface area contributed by atoms with Crippen molar-refractivity contribution in [2.45, 2.75) is 19.4 Å². The number of nitrogens with one attached hydrogen (secondary N) is 1. The summed E-state index contributed by atoms with van der Waals surface area (Å²) in [4.78, 5) is 16.9. The number of hydrogen-bond acceptors (Lipinski definition) is 5. The first-order valence-electron chi connectivity index (χ1n) is 11.2. The van der Waals surface area contributed by atoms with Crippen LogP contribution in [0.5, 0.6) is 5.75 Å². The number of anilines is 1. The fourth-order valence-corrected chi connectivity index (χ4v) is 5.02. The van der Waals surface area contributed by atoms with Gasteiger partial charge in [0.05, 0.1) is 18.6 Å². The van der Waals surface area contributed by atoms with Crippen molar-refractivity contribution in [3.05, 3.63) is 84.3 Å². The number of carbonyl (C=O) groups excluding carboxylic acids is 1. The summed E-state index contributed by atoms with van der Waals surface area (Å²) in [5.41, 5.74) is 1.44. The van der Waals surface area contributed by atoms with E-state index in [2.05, 4.69) is 10.3 Å². The Labute approximate surface area is 199 Å². The van der Waals surface area contributed by atoms with Crippen LogP contribution in [0.1, 0.15) is 18.4 Å². The normalized spacial score (nSPS) is 15.4. The van der Waals surface area contributed by atoms with Crippen molar-refractivity contribution in [3.8, 4) is 5.75 Å². The first kappa shape index (κ1) is 23.7. The molecule has 2 heterocycles. The van der Waals surface area contributed by atoms with Crippen molar-refractivity contribution in [1.82, 2.24) is 13.9 Å². The molecule has 8 nitrogen and oxygen atoms in total. The highest BCUT2D eigenvalue weighted by atomic mass is 32.2. The third kappa shape index (κ3) is 6.33. The van der Waals surface area contributed by atoms with Gasteiger partial charge in [-0.25, -0.2) is 13.4 Å². The van der Waals surface area contributed by atoms with Crippen LogP contribution in [-0.4, -0.2) is 47.9 Å². The lowest BCUT2D eigenvalue weighted by molar-refractivity contribution is -0.120. The maximum absolute atomic E-state index is 12.9. The van der Waals surface area contributed by atoms with E-state index in [0.29, 0.717) is 50.5 Å². The summed E-state index contributed by atoms with van der Waals surface area (Å²) in [5.74, 6) is 0.216. The highest BCUT2D eigenvalue weighted by Gasteiger charge is 2.30. The number of imidazole rings is 1. The molecule has 2 aromatic carbocycles. The number of hydrogen-bond donors (Lipinski definition) is 1. The highest BCUT2D eigenvalue weighted by Crippen LogP contribution is 2.27. The number of aromatic nitrogens is 2. The lowest BCUT2D eigenvalue weighted by atomic mass is 9.97. The van der Waals surface area contributed by atoms with E-state index in [-0.39, 0.29) is 11.8 Å². The molecule has 4 rings (SSSR count). The van der Waals surface area contributed by atoms with Gasteiger partial charge in [0.1, 0.15) is 12.4 Å². The van der Waals surface area contributed by atoms with Crippen LogP contribution in [0.3, 0.4) is 0 Å². The molecule has 0 spiro atoms. The predicted octanol–water partition coefficient (Wildman–Crippen LogP) is 3.61. The summed E-state index contributed by atoms with van der Waals surface area (Å²) in [6.45, 7) is 1.70. The molecule has 0 radical (unpaired) electrons. The minimum absolute atomic E-state index is 0.123. The molecule has 178 valence electrons. The zero-order valence-corrected chi connectivity index (χ0v) is 19.6. The number of benzene rings is 2. The predicted molar refractivity (Wildman–Crippen MR) is 131 cm³/mol. The fourth-order valence-electron chi connectivity index (χ4n) is 3.80. The molecule has 0 unspecified atom stereocenters. The lowest BCUT2D eigenvalue weighted by Gasteiger charge is -2.29. The van der Waals surface area contributed by atoms with Crippen LogP contribution in [0.15, 0.2) is 78.7 Å². The van der Waals surface area contributed by atoms with Crippen molar-refractivity contribution >= 4 is 27.7 Å². The maximum atomic E-state index is 12.9. The van der Waals surface area contributed by atoms with Crippen LogP contribution in [0, 0.1) is 5.92 Å². The van der Waals surface area contributed by atoms with Crippen molar-refractivity contribution < 1.29 is 17.9 Å². The molecule has 1 saturated heterocycles. The number of piperidine rings is 1. The Morgan fingerprint density at radius 3 is 2.56 bits per heavy atom. The van der Waals surface area contributed by atoms with Crippen LogP contribution in [-0.2, 0) is 21.4 Å². The minimum Gasteiger partial charge on any atom is -0.490 e. The van der Waals surface area contributed by atoms with E-state index in [1.54, 1.807) is 24.7 Å². The number of sulfonamides is 1. The Kier molecular flexibility index (Phi) is 7.76. The molecule has 0 aliphatic carbocycles. The van der Waals surface area contributed by atoms with Gasteiger partial charge in [0.15, 0.2) is 0 Å². The molecule has 0 bridgehead atoms. The number of nitrogens with zero attached hydrogens (tertiary/aromatic N) is 3. The molecular formula is C25H28N4O4S. The molecule has 34 heavy (non-hydrogen) atoms. The van der Waals surface area contributed by atoms with Gasteiger partial charge in [-0.15, -0.1) is 0 Å². The van der Waals surface area contributed by atoms with E-state index in [4.69, 9.17) is 4.74 Å². The van der Waals surface area contributed by atoms with Crippen molar-refractivity contribution in [1.29, 1.82) is 0 Å². The Balaban J connectivity index is 1.29. The number of rotatable bonds is 9. The average Bonchev–Trinajstić information content (AvgIpc) is 3.38. The molecule has 0 atom stereocenters. The van der Waals surface area contributed by atoms with Gasteiger partial charge in [-0.1, -0.05) is 42.5 Å². The van der Waals surface area contributed by atoms with Crippen molar-refractivity contribution in [2.24, 2.45) is 5.92 Å². The van der Waals surface area contributed by atoms with E-state index in [9.17, 15) is 13.2 Å². The van der Waals surface area contributed by atoms with Crippen molar-refractivity contribution in [3.63, 3.8) is 0 Å². The summed E-state index contributed by atoms with van der Waals surface area (Å²) in [7, 11) is -3.53. The summed E-state index contributed by atoms with van der Waals surface area (Å²) in [6, 6.07) is 16.6.